The van der Waals surface area contributed by atoms with Gasteiger partial charge in [0.25, 0.3) is 11.5 Å². The number of ether oxygens (including phenoxy) is 1. The lowest BCUT2D eigenvalue weighted by Gasteiger charge is -2.28. The van der Waals surface area contributed by atoms with Crippen molar-refractivity contribution in [1.29, 1.82) is 0 Å². The van der Waals surface area contributed by atoms with Gasteiger partial charge in [-0.15, -0.1) is 10.2 Å². The third kappa shape index (κ3) is 3.62. The number of aryl methyl sites for hydroxylation is 2. The zero-order valence-corrected chi connectivity index (χ0v) is 16.7. The van der Waals surface area contributed by atoms with Crippen molar-refractivity contribution in [3.8, 4) is 0 Å². The van der Waals surface area contributed by atoms with Crippen molar-refractivity contribution in [2.75, 3.05) is 13.2 Å². The lowest BCUT2D eigenvalue weighted by molar-refractivity contribution is -0.147. The summed E-state index contributed by atoms with van der Waals surface area (Å²) < 4.78 is 47.2. The number of amides is 1. The van der Waals surface area contributed by atoms with E-state index in [9.17, 15) is 22.8 Å². The van der Waals surface area contributed by atoms with E-state index in [0.29, 0.717) is 18.7 Å². The van der Waals surface area contributed by atoms with Gasteiger partial charge in [-0.3, -0.25) is 9.59 Å². The molecule has 2 aliphatic rings. The van der Waals surface area contributed by atoms with Crippen LogP contribution >= 0.6 is 0 Å². The highest BCUT2D eigenvalue weighted by Gasteiger charge is 2.40. The Morgan fingerprint density at radius 3 is 2.70 bits per heavy atom. The quantitative estimate of drug-likeness (QED) is 0.751. The summed E-state index contributed by atoms with van der Waals surface area (Å²) >= 11 is 0. The number of halogens is 3. The van der Waals surface area contributed by atoms with Crippen LogP contribution in [-0.2, 0) is 30.5 Å². The molecule has 1 atom stereocenters. The maximum Gasteiger partial charge on any atom is 0.451 e. The van der Waals surface area contributed by atoms with E-state index in [2.05, 4.69) is 10.2 Å². The molecule has 1 unspecified atom stereocenters. The van der Waals surface area contributed by atoms with E-state index in [1.807, 2.05) is 0 Å². The fraction of sp³-hybridized carbons (Fsp3) is 0.579. The standard InChI is InChI=1S/C19H22F3N5O3/c1-11-8-12(2)27(9-13-4-3-7-30-13)17(29)15(11)16(28)25-5-6-26-14(10-25)23-24-18(26)19(20,21)22/h8,13H,3-7,9-10H2,1-2H3. The monoisotopic (exact) mass is 425 g/mol. The second-order valence-corrected chi connectivity index (χ2v) is 7.71. The van der Waals surface area contributed by atoms with Gasteiger partial charge in [0, 0.05) is 25.4 Å². The molecule has 2 aromatic heterocycles. The fourth-order valence-corrected chi connectivity index (χ4v) is 4.11. The minimum absolute atomic E-state index is 0.0302. The van der Waals surface area contributed by atoms with Crippen molar-refractivity contribution in [3.63, 3.8) is 0 Å². The van der Waals surface area contributed by atoms with Crippen molar-refractivity contribution in [1.82, 2.24) is 24.2 Å². The maximum atomic E-state index is 13.2. The van der Waals surface area contributed by atoms with Gasteiger partial charge in [-0.2, -0.15) is 13.2 Å². The number of fused-ring (bicyclic) bond motifs is 1. The molecule has 0 bridgehead atoms. The van der Waals surface area contributed by atoms with Gasteiger partial charge >= 0.3 is 6.18 Å². The minimum Gasteiger partial charge on any atom is -0.376 e. The normalized spacial score (nSPS) is 19.2. The topological polar surface area (TPSA) is 82.2 Å². The molecule has 162 valence electrons. The van der Waals surface area contributed by atoms with E-state index in [1.54, 1.807) is 24.5 Å². The van der Waals surface area contributed by atoms with Crippen LogP contribution in [0.1, 0.15) is 46.1 Å². The summed E-state index contributed by atoms with van der Waals surface area (Å²) in [4.78, 5) is 27.6. The molecular formula is C19H22F3N5O3. The van der Waals surface area contributed by atoms with Crippen LogP contribution in [-0.4, -0.2) is 49.4 Å². The van der Waals surface area contributed by atoms with E-state index in [4.69, 9.17) is 4.74 Å². The summed E-state index contributed by atoms with van der Waals surface area (Å²) in [7, 11) is 0. The average molecular weight is 425 g/mol. The van der Waals surface area contributed by atoms with Crippen molar-refractivity contribution in [2.45, 2.75) is 58.6 Å². The molecule has 1 saturated heterocycles. The Balaban J connectivity index is 1.62. The molecular weight excluding hydrogens is 403 g/mol. The molecule has 11 heteroatoms. The lowest BCUT2D eigenvalue weighted by Crippen LogP contribution is -2.43. The summed E-state index contributed by atoms with van der Waals surface area (Å²) in [5.74, 6) is -1.54. The van der Waals surface area contributed by atoms with Gasteiger partial charge in [-0.25, -0.2) is 0 Å². The highest BCUT2D eigenvalue weighted by atomic mass is 19.4. The molecule has 8 nitrogen and oxygen atoms in total. The second kappa shape index (κ2) is 7.53. The summed E-state index contributed by atoms with van der Waals surface area (Å²) in [5.41, 5.74) is 0.894. The molecule has 0 N–H and O–H groups in total. The van der Waals surface area contributed by atoms with E-state index in [0.717, 1.165) is 23.1 Å². The molecule has 0 saturated carbocycles. The molecule has 4 heterocycles. The molecule has 1 amide bonds. The SMILES string of the molecule is Cc1cc(C)n(CC2CCCO2)c(=O)c1C(=O)N1CCn2c(nnc2C(F)(F)F)C1. The highest BCUT2D eigenvalue weighted by Crippen LogP contribution is 2.29. The smallest absolute Gasteiger partial charge is 0.376 e. The van der Waals surface area contributed by atoms with Gasteiger partial charge in [0.2, 0.25) is 5.82 Å². The zero-order chi connectivity index (χ0) is 21.6. The van der Waals surface area contributed by atoms with Gasteiger partial charge < -0.3 is 18.8 Å². The highest BCUT2D eigenvalue weighted by molar-refractivity contribution is 5.95. The molecule has 4 rings (SSSR count). The minimum atomic E-state index is -4.61. The Bertz CT molecular complexity index is 1040. The maximum absolute atomic E-state index is 13.2. The Kier molecular flexibility index (Phi) is 5.16. The van der Waals surface area contributed by atoms with Crippen LogP contribution in [0.25, 0.3) is 0 Å². The average Bonchev–Trinajstić information content (AvgIpc) is 3.33. The number of carbonyl (C=O) groups excluding carboxylic acids is 1. The molecule has 0 spiro atoms. The van der Waals surface area contributed by atoms with Crippen LogP contribution in [0.4, 0.5) is 13.2 Å². The van der Waals surface area contributed by atoms with Gasteiger partial charge in [0.15, 0.2) is 5.82 Å². The molecule has 30 heavy (non-hydrogen) atoms. The van der Waals surface area contributed by atoms with Gasteiger partial charge in [0.1, 0.15) is 5.56 Å². The molecule has 0 aliphatic carbocycles. The van der Waals surface area contributed by atoms with Crippen molar-refractivity contribution in [2.24, 2.45) is 0 Å². The number of alkyl halides is 3. The summed E-state index contributed by atoms with van der Waals surface area (Å²) in [6.07, 6.45) is -2.89. The third-order valence-corrected chi connectivity index (χ3v) is 5.62. The Morgan fingerprint density at radius 1 is 1.27 bits per heavy atom. The molecule has 2 aliphatic heterocycles. The number of nitrogens with zero attached hydrogens (tertiary/aromatic N) is 5. The third-order valence-electron chi connectivity index (χ3n) is 5.62. The summed E-state index contributed by atoms with van der Waals surface area (Å²) in [5, 5.41) is 6.82. The summed E-state index contributed by atoms with van der Waals surface area (Å²) in [6, 6.07) is 1.78. The molecule has 0 aromatic carbocycles. The Labute approximate surface area is 170 Å². The Hall–Kier alpha value is -2.69. The second-order valence-electron chi connectivity index (χ2n) is 7.71. The van der Waals surface area contributed by atoms with Crippen LogP contribution < -0.4 is 5.56 Å². The Morgan fingerprint density at radius 2 is 2.03 bits per heavy atom. The van der Waals surface area contributed by atoms with Crippen molar-refractivity contribution in [3.05, 3.63) is 44.9 Å². The lowest BCUT2D eigenvalue weighted by atomic mass is 10.1. The first kappa shape index (κ1) is 20.6. The first-order valence-corrected chi connectivity index (χ1v) is 9.78. The number of rotatable bonds is 3. The predicted octanol–water partition coefficient (Wildman–Crippen LogP) is 1.91. The number of pyridine rings is 1. The molecule has 1 fully saturated rings. The van der Waals surface area contributed by atoms with Crippen LogP contribution in [0.2, 0.25) is 0 Å². The molecule has 0 radical (unpaired) electrons. The van der Waals surface area contributed by atoms with Crippen LogP contribution in [0, 0.1) is 13.8 Å². The van der Waals surface area contributed by atoms with Crippen LogP contribution in [0.5, 0.6) is 0 Å². The van der Waals surface area contributed by atoms with E-state index in [1.165, 1.54) is 4.90 Å². The zero-order valence-electron chi connectivity index (χ0n) is 16.7. The first-order valence-electron chi connectivity index (χ1n) is 9.78. The first-order chi connectivity index (χ1) is 14.2. The summed E-state index contributed by atoms with van der Waals surface area (Å²) in [6.45, 7) is 4.33. The van der Waals surface area contributed by atoms with Gasteiger partial charge in [-0.05, 0) is 38.3 Å². The number of carbonyl (C=O) groups is 1. The van der Waals surface area contributed by atoms with Crippen molar-refractivity contribution < 1.29 is 22.7 Å². The van der Waals surface area contributed by atoms with Crippen LogP contribution in [0.15, 0.2) is 10.9 Å². The van der Waals surface area contributed by atoms with Gasteiger partial charge in [0.05, 0.1) is 19.2 Å². The van der Waals surface area contributed by atoms with E-state index >= 15 is 0 Å². The predicted molar refractivity (Wildman–Crippen MR) is 98.9 cm³/mol. The number of hydrogen-bond acceptors (Lipinski definition) is 5. The number of hydrogen-bond donors (Lipinski definition) is 0. The van der Waals surface area contributed by atoms with Crippen molar-refractivity contribution >= 4 is 5.91 Å². The van der Waals surface area contributed by atoms with E-state index in [-0.39, 0.29) is 37.1 Å². The molecule has 2 aromatic rings. The largest absolute Gasteiger partial charge is 0.451 e. The van der Waals surface area contributed by atoms with E-state index < -0.39 is 23.5 Å². The van der Waals surface area contributed by atoms with Gasteiger partial charge in [-0.1, -0.05) is 0 Å². The van der Waals surface area contributed by atoms with Crippen LogP contribution in [0.3, 0.4) is 0 Å². The number of aromatic nitrogens is 4. The fourth-order valence-electron chi connectivity index (χ4n) is 4.11.